The number of nitrogens with zero attached hydrogens (tertiary/aromatic N) is 4. The molecule has 358 valence electrons. The van der Waals surface area contributed by atoms with Crippen LogP contribution in [0.4, 0.5) is 17.1 Å². The summed E-state index contributed by atoms with van der Waals surface area (Å²) in [4.78, 5) is 55.7. The third kappa shape index (κ3) is 13.1. The van der Waals surface area contributed by atoms with E-state index in [1.807, 2.05) is 110 Å². The van der Waals surface area contributed by atoms with Crippen molar-refractivity contribution in [1.29, 1.82) is 0 Å². The Morgan fingerprint density at radius 3 is 2.12 bits per heavy atom. The quantitative estimate of drug-likeness (QED) is 0.0605. The van der Waals surface area contributed by atoms with Crippen molar-refractivity contribution < 1.29 is 57.1 Å². The fourth-order valence-corrected chi connectivity index (χ4v) is 7.70. The van der Waals surface area contributed by atoms with Crippen LogP contribution in [0.5, 0.6) is 17.2 Å². The number of carbonyl (C=O) groups excluding carboxylic acids is 3. The maximum atomic E-state index is 13.4. The molecular weight excluding hydrogens is 863 g/mol. The molecule has 2 aliphatic heterocycles. The van der Waals surface area contributed by atoms with E-state index in [4.69, 9.17) is 37.9 Å². The van der Waals surface area contributed by atoms with Crippen LogP contribution in [0.25, 0.3) is 33.4 Å². The summed E-state index contributed by atoms with van der Waals surface area (Å²) in [5, 5.41) is 13.6. The van der Waals surface area contributed by atoms with Gasteiger partial charge in [0.15, 0.2) is 6.61 Å². The van der Waals surface area contributed by atoms with Crippen molar-refractivity contribution in [2.45, 2.75) is 32.6 Å². The van der Waals surface area contributed by atoms with Crippen LogP contribution in [0.2, 0.25) is 0 Å². The number of methoxy groups -OCH3 is 2. The van der Waals surface area contributed by atoms with Gasteiger partial charge in [0, 0.05) is 86.1 Å². The highest BCUT2D eigenvalue weighted by Gasteiger charge is 2.27. The number of carboxylic acids is 1. The molecule has 3 aliphatic rings. The second-order valence-corrected chi connectivity index (χ2v) is 16.6. The summed E-state index contributed by atoms with van der Waals surface area (Å²) < 4.78 is 44.6. The van der Waals surface area contributed by atoms with E-state index in [1.165, 1.54) is 14.2 Å². The van der Waals surface area contributed by atoms with Gasteiger partial charge >= 0.3 is 17.9 Å². The zero-order chi connectivity index (χ0) is 48.0. The van der Waals surface area contributed by atoms with Crippen LogP contribution in [-0.4, -0.2) is 137 Å². The predicted octanol–water partition coefficient (Wildman–Crippen LogP) is 5.20. The van der Waals surface area contributed by atoms with Crippen LogP contribution in [0.15, 0.2) is 71.1 Å². The highest BCUT2D eigenvalue weighted by atomic mass is 16.5. The number of hydrogen-bond donors (Lipinski definition) is 2. The van der Waals surface area contributed by atoms with Crippen LogP contribution in [0, 0.1) is 6.92 Å². The molecule has 0 aromatic heterocycles. The van der Waals surface area contributed by atoms with E-state index in [9.17, 15) is 19.2 Å². The molecule has 17 heteroatoms. The summed E-state index contributed by atoms with van der Waals surface area (Å²) in [5.41, 5.74) is 5.79. The number of fused-ring (bicyclic) bond motifs is 4. The van der Waals surface area contributed by atoms with E-state index >= 15 is 0 Å². The largest absolute Gasteiger partial charge is 0.488 e. The molecule has 0 bridgehead atoms. The predicted molar refractivity (Wildman–Crippen MR) is 256 cm³/mol. The van der Waals surface area contributed by atoms with Gasteiger partial charge in [-0.3, -0.25) is 19.2 Å². The Balaban J connectivity index is 1.50. The van der Waals surface area contributed by atoms with Crippen molar-refractivity contribution in [1.82, 2.24) is 9.89 Å². The zero-order valence-corrected chi connectivity index (χ0v) is 39.5. The van der Waals surface area contributed by atoms with Crippen molar-refractivity contribution in [2.24, 2.45) is 0 Å². The molecule has 3 aromatic carbocycles. The Labute approximate surface area is 390 Å². The van der Waals surface area contributed by atoms with E-state index in [1.54, 1.807) is 11.0 Å². The SMILES string of the molecule is COC(=O)CN1CCOCCN(CC(=O)OC)c2cc(OCC(=O)NCCCCCC(=O)O)c(-c3c4ccc(=[N+](C)C)cc-4oc4cc(N(C)C)ccc34)cc2OCCOc2cc(C)ccc21. The number of esters is 2. The third-order valence-electron chi connectivity index (χ3n) is 11.3. The van der Waals surface area contributed by atoms with Crippen molar-refractivity contribution in [3.8, 4) is 39.7 Å². The van der Waals surface area contributed by atoms with E-state index in [0.717, 1.165) is 33.1 Å². The highest BCUT2D eigenvalue weighted by molar-refractivity contribution is 6.04. The van der Waals surface area contributed by atoms with E-state index in [0.29, 0.717) is 77.9 Å². The smallest absolute Gasteiger partial charge is 0.325 e. The number of ether oxygens (including phenoxy) is 6. The number of amides is 1. The molecule has 6 rings (SSSR count). The second-order valence-electron chi connectivity index (χ2n) is 16.6. The molecule has 0 atom stereocenters. The van der Waals surface area contributed by atoms with Crippen molar-refractivity contribution in [3.05, 3.63) is 77.7 Å². The topological polar surface area (TPSA) is 182 Å². The fourth-order valence-electron chi connectivity index (χ4n) is 7.70. The number of nitrogens with one attached hydrogen (secondary N) is 1. The molecule has 67 heavy (non-hydrogen) atoms. The first kappa shape index (κ1) is 49.4. The van der Waals surface area contributed by atoms with Crippen LogP contribution in [0.3, 0.4) is 0 Å². The molecule has 3 aromatic rings. The summed E-state index contributed by atoms with van der Waals surface area (Å²) in [6.07, 6.45) is 1.84. The van der Waals surface area contributed by atoms with Gasteiger partial charge in [0.25, 0.3) is 5.91 Å². The average molecular weight is 925 g/mol. The van der Waals surface area contributed by atoms with Crippen molar-refractivity contribution in [2.75, 3.05) is 123 Å². The summed E-state index contributed by atoms with van der Waals surface area (Å²) in [6, 6.07) is 21.3. The van der Waals surface area contributed by atoms with E-state index in [2.05, 4.69) is 5.32 Å². The number of carbonyl (C=O) groups is 4. The van der Waals surface area contributed by atoms with Crippen molar-refractivity contribution in [3.63, 3.8) is 0 Å². The van der Waals surface area contributed by atoms with Gasteiger partial charge in [-0.05, 0) is 61.7 Å². The van der Waals surface area contributed by atoms with Crippen LogP contribution in [0.1, 0.15) is 31.2 Å². The third-order valence-corrected chi connectivity index (χ3v) is 11.3. The standard InChI is InChI=1S/C50H61N5O12/c1-33-12-17-39-44(25-33)64-23-24-65-45-28-38(50-36-15-13-34(52(2)3)26-42(36)67-43-27-35(53(4)5)14-16-37(43)50)41(66-32-46(56)51-18-10-8-9-11-47(57)58)29-40(45)55(31-49(60)62-7)20-22-63-21-19-54(39)30-48(59)61-6/h12-17,25-29H,8-11,18-24,30-32H2,1-7H3,(H-,51,56,57,58)/p+1. The maximum absolute atomic E-state index is 13.4. The first-order chi connectivity index (χ1) is 32.3. The summed E-state index contributed by atoms with van der Waals surface area (Å²) in [6.45, 7) is 2.87. The van der Waals surface area contributed by atoms with Crippen LogP contribution in [-0.2, 0) is 33.4 Å². The lowest BCUT2D eigenvalue weighted by Crippen LogP contribution is -2.36. The minimum atomic E-state index is -0.853. The molecule has 0 fully saturated rings. The Morgan fingerprint density at radius 1 is 0.776 bits per heavy atom. The van der Waals surface area contributed by atoms with Gasteiger partial charge in [0.1, 0.15) is 69.0 Å². The minimum absolute atomic E-state index is 0.0326. The lowest BCUT2D eigenvalue weighted by molar-refractivity contribution is -0.139. The fraction of sp³-hybridized carbons (Fsp3) is 0.420. The average Bonchev–Trinajstić information content (AvgIpc) is 3.31. The molecule has 0 radical (unpaired) electrons. The Morgan fingerprint density at radius 2 is 1.46 bits per heavy atom. The summed E-state index contributed by atoms with van der Waals surface area (Å²) >= 11 is 0. The summed E-state index contributed by atoms with van der Waals surface area (Å²) in [7, 11) is 10.5. The van der Waals surface area contributed by atoms with Gasteiger partial charge in [-0.25, -0.2) is 4.58 Å². The Kier molecular flexibility index (Phi) is 17.3. The molecule has 0 unspecified atom stereocenters. The van der Waals surface area contributed by atoms with Gasteiger partial charge in [-0.15, -0.1) is 0 Å². The number of rotatable bonds is 15. The first-order valence-electron chi connectivity index (χ1n) is 22.3. The van der Waals surface area contributed by atoms with Crippen molar-refractivity contribution >= 4 is 51.8 Å². The van der Waals surface area contributed by atoms with Gasteiger partial charge in [-0.1, -0.05) is 12.5 Å². The number of aryl methyl sites for hydroxylation is 1. The number of hydrogen-bond acceptors (Lipinski definition) is 14. The van der Waals surface area contributed by atoms with Crippen LogP contribution >= 0.6 is 0 Å². The number of benzene rings is 4. The molecule has 0 saturated heterocycles. The number of unbranched alkanes of at least 4 members (excludes halogenated alkanes) is 2. The number of anilines is 3. The number of carboxylic acid groups (broad SMARTS) is 1. The molecule has 2 N–H and O–H groups in total. The molecule has 2 heterocycles. The molecule has 1 aliphatic carbocycles. The molecule has 0 saturated carbocycles. The first-order valence-corrected chi connectivity index (χ1v) is 22.3. The Bertz CT molecular complexity index is 2590. The lowest BCUT2D eigenvalue weighted by Gasteiger charge is -2.28. The van der Waals surface area contributed by atoms with E-state index < -0.39 is 17.9 Å². The Hall–Kier alpha value is -7.01. The molecule has 1 amide bonds. The highest BCUT2D eigenvalue weighted by Crippen LogP contribution is 2.48. The monoisotopic (exact) mass is 924 g/mol. The lowest BCUT2D eigenvalue weighted by atomic mass is 9.92. The zero-order valence-electron chi connectivity index (χ0n) is 39.5. The molecule has 0 spiro atoms. The normalized spacial score (nSPS) is 13.2. The minimum Gasteiger partial charge on any atom is -0.488 e. The second kappa shape index (κ2) is 23.4. The number of aliphatic carboxylic acids is 1. The van der Waals surface area contributed by atoms with Crippen LogP contribution < -0.4 is 44.2 Å². The molecule has 17 nitrogen and oxygen atoms in total. The maximum Gasteiger partial charge on any atom is 0.325 e. The van der Waals surface area contributed by atoms with Gasteiger partial charge in [-0.2, -0.15) is 0 Å². The van der Waals surface area contributed by atoms with Gasteiger partial charge in [0.05, 0.1) is 44.9 Å². The van der Waals surface area contributed by atoms with Gasteiger partial charge < -0.3 is 58.0 Å². The van der Waals surface area contributed by atoms with E-state index in [-0.39, 0.29) is 65.0 Å². The van der Waals surface area contributed by atoms with Gasteiger partial charge in [0.2, 0.25) is 5.36 Å². The summed E-state index contributed by atoms with van der Waals surface area (Å²) in [5.74, 6) is -0.262. The molecular formula is C50H62N5O12+.